The SMILES string of the molecule is CC(CO)(NCC(O)C(F)(F)F)c1ccccc1. The topological polar surface area (TPSA) is 52.5 Å². The zero-order valence-corrected chi connectivity index (χ0v) is 9.91. The Labute approximate surface area is 103 Å². The molecule has 0 amide bonds. The van der Waals surface area contributed by atoms with Crippen LogP contribution in [-0.2, 0) is 5.54 Å². The number of alkyl halides is 3. The molecular formula is C12H16F3NO2. The van der Waals surface area contributed by atoms with E-state index in [1.807, 2.05) is 0 Å². The van der Waals surface area contributed by atoms with Gasteiger partial charge in [-0.3, -0.25) is 0 Å². The molecule has 1 aromatic rings. The first-order valence-electron chi connectivity index (χ1n) is 5.46. The minimum absolute atomic E-state index is 0.373. The predicted octanol–water partition coefficient (Wildman–Crippen LogP) is 1.41. The molecule has 0 aromatic heterocycles. The van der Waals surface area contributed by atoms with E-state index in [2.05, 4.69) is 5.32 Å². The Morgan fingerprint density at radius 2 is 1.78 bits per heavy atom. The van der Waals surface area contributed by atoms with Crippen molar-refractivity contribution in [2.24, 2.45) is 0 Å². The molecule has 0 saturated carbocycles. The summed E-state index contributed by atoms with van der Waals surface area (Å²) in [5, 5.41) is 20.8. The van der Waals surface area contributed by atoms with E-state index >= 15 is 0 Å². The van der Waals surface area contributed by atoms with E-state index in [4.69, 9.17) is 5.11 Å². The average Bonchev–Trinajstić information content (AvgIpc) is 2.35. The Morgan fingerprint density at radius 1 is 1.22 bits per heavy atom. The van der Waals surface area contributed by atoms with Gasteiger partial charge in [0.25, 0.3) is 0 Å². The van der Waals surface area contributed by atoms with Gasteiger partial charge >= 0.3 is 6.18 Å². The summed E-state index contributed by atoms with van der Waals surface area (Å²) in [7, 11) is 0. The quantitative estimate of drug-likeness (QED) is 0.753. The number of benzene rings is 1. The summed E-state index contributed by atoms with van der Waals surface area (Å²) in [5.74, 6) is 0. The number of halogens is 3. The summed E-state index contributed by atoms with van der Waals surface area (Å²) >= 11 is 0. The van der Waals surface area contributed by atoms with E-state index < -0.39 is 24.4 Å². The molecule has 0 fully saturated rings. The van der Waals surface area contributed by atoms with Gasteiger partial charge in [0.15, 0.2) is 6.10 Å². The predicted molar refractivity (Wildman–Crippen MR) is 60.9 cm³/mol. The van der Waals surface area contributed by atoms with Crippen LogP contribution in [-0.4, -0.2) is 35.6 Å². The maximum absolute atomic E-state index is 12.2. The molecule has 0 saturated heterocycles. The minimum Gasteiger partial charge on any atom is -0.394 e. The number of aliphatic hydroxyl groups is 2. The van der Waals surface area contributed by atoms with E-state index in [9.17, 15) is 18.3 Å². The van der Waals surface area contributed by atoms with Gasteiger partial charge < -0.3 is 15.5 Å². The Bertz CT molecular complexity index is 369. The van der Waals surface area contributed by atoms with Gasteiger partial charge in [-0.15, -0.1) is 0 Å². The molecule has 2 unspecified atom stereocenters. The third-order valence-corrected chi connectivity index (χ3v) is 2.79. The summed E-state index contributed by atoms with van der Waals surface area (Å²) in [6.07, 6.45) is -7.12. The highest BCUT2D eigenvalue weighted by Gasteiger charge is 2.39. The van der Waals surface area contributed by atoms with Crippen LogP contribution < -0.4 is 5.32 Å². The molecule has 6 heteroatoms. The van der Waals surface area contributed by atoms with E-state index in [0.717, 1.165) is 0 Å². The first kappa shape index (κ1) is 14.9. The normalized spacial score (nSPS) is 17.2. The molecule has 1 aromatic carbocycles. The van der Waals surface area contributed by atoms with Crippen molar-refractivity contribution in [1.29, 1.82) is 0 Å². The van der Waals surface area contributed by atoms with Gasteiger partial charge in [-0.2, -0.15) is 13.2 Å². The summed E-state index contributed by atoms with van der Waals surface area (Å²) in [4.78, 5) is 0. The van der Waals surface area contributed by atoms with Crippen LogP contribution in [0, 0.1) is 0 Å². The van der Waals surface area contributed by atoms with Gasteiger partial charge in [0, 0.05) is 6.54 Å². The van der Waals surface area contributed by atoms with Crippen molar-refractivity contribution >= 4 is 0 Å². The van der Waals surface area contributed by atoms with Gasteiger partial charge in [0.05, 0.1) is 12.1 Å². The summed E-state index contributed by atoms with van der Waals surface area (Å²) < 4.78 is 36.5. The van der Waals surface area contributed by atoms with Crippen molar-refractivity contribution in [3.63, 3.8) is 0 Å². The van der Waals surface area contributed by atoms with Crippen molar-refractivity contribution in [2.75, 3.05) is 13.2 Å². The Balaban J connectivity index is 2.73. The highest BCUT2D eigenvalue weighted by molar-refractivity contribution is 5.23. The molecule has 0 aliphatic carbocycles. The monoisotopic (exact) mass is 263 g/mol. The van der Waals surface area contributed by atoms with Crippen LogP contribution in [0.2, 0.25) is 0 Å². The largest absolute Gasteiger partial charge is 0.415 e. The zero-order valence-electron chi connectivity index (χ0n) is 9.91. The molecule has 102 valence electrons. The van der Waals surface area contributed by atoms with E-state index in [0.29, 0.717) is 5.56 Å². The van der Waals surface area contributed by atoms with Crippen molar-refractivity contribution in [3.8, 4) is 0 Å². The molecule has 0 aliphatic heterocycles. The molecule has 1 rings (SSSR count). The second-order valence-electron chi connectivity index (χ2n) is 4.29. The molecule has 0 heterocycles. The number of rotatable bonds is 5. The van der Waals surface area contributed by atoms with Gasteiger partial charge in [-0.25, -0.2) is 0 Å². The molecular weight excluding hydrogens is 247 g/mol. The average molecular weight is 263 g/mol. The Kier molecular flexibility index (Phi) is 4.72. The number of hydrogen-bond donors (Lipinski definition) is 3. The Hall–Kier alpha value is -1.11. The van der Waals surface area contributed by atoms with Gasteiger partial charge in [-0.05, 0) is 12.5 Å². The van der Waals surface area contributed by atoms with Gasteiger partial charge in [0.1, 0.15) is 0 Å². The maximum atomic E-state index is 12.2. The lowest BCUT2D eigenvalue weighted by Crippen LogP contribution is -2.49. The molecule has 3 N–H and O–H groups in total. The molecule has 2 atom stereocenters. The lowest BCUT2D eigenvalue weighted by molar-refractivity contribution is -0.203. The van der Waals surface area contributed by atoms with Crippen molar-refractivity contribution in [3.05, 3.63) is 35.9 Å². The van der Waals surface area contributed by atoms with Crippen LogP contribution in [0.3, 0.4) is 0 Å². The van der Waals surface area contributed by atoms with Crippen LogP contribution in [0.5, 0.6) is 0 Å². The molecule has 3 nitrogen and oxygen atoms in total. The van der Waals surface area contributed by atoms with E-state index in [1.165, 1.54) is 0 Å². The van der Waals surface area contributed by atoms with Crippen molar-refractivity contribution < 1.29 is 23.4 Å². The molecule has 0 aliphatic rings. The minimum atomic E-state index is -4.67. The molecule has 0 radical (unpaired) electrons. The fourth-order valence-corrected chi connectivity index (χ4v) is 1.49. The molecule has 18 heavy (non-hydrogen) atoms. The molecule has 0 spiro atoms. The summed E-state index contributed by atoms with van der Waals surface area (Å²) in [6.45, 7) is 0.530. The van der Waals surface area contributed by atoms with Gasteiger partial charge in [0.2, 0.25) is 0 Å². The first-order valence-corrected chi connectivity index (χ1v) is 5.46. The fourth-order valence-electron chi connectivity index (χ4n) is 1.49. The number of aliphatic hydroxyl groups excluding tert-OH is 2. The standard InChI is InChI=1S/C12H16F3NO2/c1-11(8-17,9-5-3-2-4-6-9)16-7-10(18)12(13,14)15/h2-6,10,16-18H,7-8H2,1H3. The van der Waals surface area contributed by atoms with Crippen LogP contribution in [0.4, 0.5) is 13.2 Å². The van der Waals surface area contributed by atoms with Crippen molar-refractivity contribution in [1.82, 2.24) is 5.32 Å². The summed E-state index contributed by atoms with van der Waals surface area (Å²) in [6, 6.07) is 8.62. The first-order chi connectivity index (χ1) is 8.29. The van der Waals surface area contributed by atoms with Crippen LogP contribution in [0.1, 0.15) is 12.5 Å². The Morgan fingerprint density at radius 3 is 2.22 bits per heavy atom. The second kappa shape index (κ2) is 5.69. The third kappa shape index (κ3) is 3.69. The van der Waals surface area contributed by atoms with Crippen LogP contribution in [0.15, 0.2) is 30.3 Å². The maximum Gasteiger partial charge on any atom is 0.415 e. The second-order valence-corrected chi connectivity index (χ2v) is 4.29. The number of hydrogen-bond acceptors (Lipinski definition) is 3. The van der Waals surface area contributed by atoms with Crippen molar-refractivity contribution in [2.45, 2.75) is 24.7 Å². The smallest absolute Gasteiger partial charge is 0.394 e. The highest BCUT2D eigenvalue weighted by atomic mass is 19.4. The fraction of sp³-hybridized carbons (Fsp3) is 0.500. The third-order valence-electron chi connectivity index (χ3n) is 2.79. The zero-order chi connectivity index (χ0) is 13.8. The lowest BCUT2D eigenvalue weighted by atomic mass is 9.93. The van der Waals surface area contributed by atoms with Crippen LogP contribution in [0.25, 0.3) is 0 Å². The summed E-state index contributed by atoms with van der Waals surface area (Å²) in [5.41, 5.74) is -0.366. The van der Waals surface area contributed by atoms with E-state index in [1.54, 1.807) is 37.3 Å². The van der Waals surface area contributed by atoms with Crippen LogP contribution >= 0.6 is 0 Å². The van der Waals surface area contributed by atoms with E-state index in [-0.39, 0.29) is 6.61 Å². The highest BCUT2D eigenvalue weighted by Crippen LogP contribution is 2.23. The lowest BCUT2D eigenvalue weighted by Gasteiger charge is -2.31. The molecule has 0 bridgehead atoms. The number of nitrogens with one attached hydrogen (secondary N) is 1. The van der Waals surface area contributed by atoms with Gasteiger partial charge in [-0.1, -0.05) is 30.3 Å².